The van der Waals surface area contributed by atoms with Crippen molar-refractivity contribution in [2.45, 2.75) is 90.9 Å². The molecule has 1 rings (SSSR count). The number of ether oxygens (including phenoxy) is 2. The number of hydrogen-bond acceptors (Lipinski definition) is 4. The lowest BCUT2D eigenvalue weighted by molar-refractivity contribution is -0.153. The van der Waals surface area contributed by atoms with Crippen LogP contribution in [0.1, 0.15) is 90.9 Å². The molecule has 0 aliphatic heterocycles. The Labute approximate surface area is 165 Å². The molecular formula is C22H40O5. The fourth-order valence-corrected chi connectivity index (χ4v) is 3.69. The third-order valence-electron chi connectivity index (χ3n) is 5.40. The Kier molecular flexibility index (Phi) is 13.2. The van der Waals surface area contributed by atoms with Gasteiger partial charge in [-0.2, -0.15) is 0 Å². The Morgan fingerprint density at radius 1 is 0.889 bits per heavy atom. The Morgan fingerprint density at radius 2 is 1.52 bits per heavy atom. The predicted octanol–water partition coefficient (Wildman–Crippen LogP) is 5.21. The molecule has 27 heavy (non-hydrogen) atoms. The highest BCUT2D eigenvalue weighted by atomic mass is 16.6. The molecule has 0 amide bonds. The third kappa shape index (κ3) is 12.1. The molecule has 2 atom stereocenters. The van der Waals surface area contributed by atoms with Crippen LogP contribution >= 0.6 is 0 Å². The van der Waals surface area contributed by atoms with E-state index in [9.17, 15) is 9.59 Å². The molecule has 5 heteroatoms. The molecule has 5 nitrogen and oxygen atoms in total. The fraction of sp³-hybridized carbons (Fsp3) is 0.909. The highest BCUT2D eigenvalue weighted by molar-refractivity contribution is 5.75. The molecule has 0 aromatic heterocycles. The van der Waals surface area contributed by atoms with Gasteiger partial charge in [0.25, 0.3) is 0 Å². The molecule has 1 fully saturated rings. The summed E-state index contributed by atoms with van der Waals surface area (Å²) in [5.41, 5.74) is 0. The zero-order chi connectivity index (χ0) is 19.9. The van der Waals surface area contributed by atoms with Crippen LogP contribution in [0.25, 0.3) is 0 Å². The molecule has 158 valence electrons. The van der Waals surface area contributed by atoms with Crippen molar-refractivity contribution < 1.29 is 24.2 Å². The number of rotatable bonds is 15. The maximum atomic E-state index is 12.0. The highest BCUT2D eigenvalue weighted by Gasteiger charge is 2.31. The van der Waals surface area contributed by atoms with Gasteiger partial charge in [0.2, 0.25) is 0 Å². The van der Waals surface area contributed by atoms with Gasteiger partial charge in [0.05, 0.1) is 18.4 Å². The summed E-state index contributed by atoms with van der Waals surface area (Å²) in [6.45, 7) is 5.98. The maximum Gasteiger partial charge on any atom is 0.309 e. The predicted molar refractivity (Wildman–Crippen MR) is 107 cm³/mol. The molecule has 1 N–H and O–H groups in total. The molecule has 0 heterocycles. The molecular weight excluding hydrogens is 344 g/mol. The van der Waals surface area contributed by atoms with Crippen LogP contribution in [-0.4, -0.2) is 36.9 Å². The van der Waals surface area contributed by atoms with Gasteiger partial charge in [-0.3, -0.25) is 9.59 Å². The summed E-state index contributed by atoms with van der Waals surface area (Å²) in [6.07, 6.45) is 12.8. The summed E-state index contributed by atoms with van der Waals surface area (Å²) < 4.78 is 10.8. The molecule has 0 spiro atoms. The molecule has 2 unspecified atom stereocenters. The SMILES string of the molecule is CC(C)CCCCCCCCCOCCOC(=O)C1CCCC(C(=O)O)C1. The van der Waals surface area contributed by atoms with Crippen LogP contribution in [0.3, 0.4) is 0 Å². The van der Waals surface area contributed by atoms with E-state index in [1.54, 1.807) is 0 Å². The average molecular weight is 385 g/mol. The fourth-order valence-electron chi connectivity index (χ4n) is 3.69. The topological polar surface area (TPSA) is 72.8 Å². The number of carbonyl (C=O) groups is 2. The molecule has 1 aliphatic carbocycles. The molecule has 0 saturated heterocycles. The lowest BCUT2D eigenvalue weighted by Crippen LogP contribution is -2.29. The van der Waals surface area contributed by atoms with Gasteiger partial charge in [-0.15, -0.1) is 0 Å². The van der Waals surface area contributed by atoms with E-state index < -0.39 is 11.9 Å². The second-order valence-corrected chi connectivity index (χ2v) is 8.34. The first-order valence-electron chi connectivity index (χ1n) is 11.0. The first-order valence-corrected chi connectivity index (χ1v) is 11.0. The zero-order valence-electron chi connectivity index (χ0n) is 17.4. The summed E-state index contributed by atoms with van der Waals surface area (Å²) in [5.74, 6) is -0.901. The summed E-state index contributed by atoms with van der Waals surface area (Å²) in [7, 11) is 0. The maximum absolute atomic E-state index is 12.0. The van der Waals surface area contributed by atoms with Crippen molar-refractivity contribution in [3.63, 3.8) is 0 Å². The Balaban J connectivity index is 1.88. The Hall–Kier alpha value is -1.10. The lowest BCUT2D eigenvalue weighted by Gasteiger charge is -2.24. The van der Waals surface area contributed by atoms with Crippen LogP contribution in [0.4, 0.5) is 0 Å². The van der Waals surface area contributed by atoms with Gasteiger partial charge in [-0.25, -0.2) is 0 Å². The number of hydrogen-bond donors (Lipinski definition) is 1. The minimum absolute atomic E-state index is 0.262. The quantitative estimate of drug-likeness (QED) is 0.310. The number of carboxylic acid groups (broad SMARTS) is 1. The van der Waals surface area contributed by atoms with Gasteiger partial charge in [0.1, 0.15) is 6.61 Å². The van der Waals surface area contributed by atoms with Crippen molar-refractivity contribution in [2.75, 3.05) is 19.8 Å². The van der Waals surface area contributed by atoms with E-state index >= 15 is 0 Å². The third-order valence-corrected chi connectivity index (χ3v) is 5.40. The van der Waals surface area contributed by atoms with Crippen LogP contribution < -0.4 is 0 Å². The second kappa shape index (κ2) is 14.9. The van der Waals surface area contributed by atoms with Crippen LogP contribution in [0.5, 0.6) is 0 Å². The first-order chi connectivity index (χ1) is 13.0. The van der Waals surface area contributed by atoms with Gasteiger partial charge >= 0.3 is 11.9 Å². The summed E-state index contributed by atoms with van der Waals surface area (Å²) in [5, 5.41) is 9.07. The van der Waals surface area contributed by atoms with Crippen molar-refractivity contribution in [1.82, 2.24) is 0 Å². The van der Waals surface area contributed by atoms with Crippen molar-refractivity contribution in [1.29, 1.82) is 0 Å². The zero-order valence-corrected chi connectivity index (χ0v) is 17.4. The number of aliphatic carboxylic acids is 1. The van der Waals surface area contributed by atoms with E-state index in [4.69, 9.17) is 14.6 Å². The average Bonchev–Trinajstić information content (AvgIpc) is 2.65. The highest BCUT2D eigenvalue weighted by Crippen LogP contribution is 2.30. The molecule has 1 aliphatic rings. The van der Waals surface area contributed by atoms with Crippen molar-refractivity contribution in [3.8, 4) is 0 Å². The van der Waals surface area contributed by atoms with Gasteiger partial charge < -0.3 is 14.6 Å². The minimum Gasteiger partial charge on any atom is -0.481 e. The molecule has 0 radical (unpaired) electrons. The first kappa shape index (κ1) is 23.9. The number of esters is 1. The largest absolute Gasteiger partial charge is 0.481 e. The molecule has 0 aromatic carbocycles. The van der Waals surface area contributed by atoms with Gasteiger partial charge in [-0.1, -0.05) is 65.2 Å². The van der Waals surface area contributed by atoms with E-state index in [1.165, 1.54) is 44.9 Å². The molecule has 1 saturated carbocycles. The summed E-state index contributed by atoms with van der Waals surface area (Å²) >= 11 is 0. The van der Waals surface area contributed by atoms with Crippen molar-refractivity contribution >= 4 is 11.9 Å². The number of carboxylic acids is 1. The van der Waals surface area contributed by atoms with Gasteiger partial charge in [0.15, 0.2) is 0 Å². The van der Waals surface area contributed by atoms with Crippen LogP contribution in [0.2, 0.25) is 0 Å². The smallest absolute Gasteiger partial charge is 0.309 e. The summed E-state index contributed by atoms with van der Waals surface area (Å²) in [6, 6.07) is 0. The number of unbranched alkanes of at least 4 members (excludes halogenated alkanes) is 6. The van der Waals surface area contributed by atoms with E-state index in [0.717, 1.165) is 31.8 Å². The summed E-state index contributed by atoms with van der Waals surface area (Å²) in [4.78, 5) is 23.1. The Morgan fingerprint density at radius 3 is 2.19 bits per heavy atom. The van der Waals surface area contributed by atoms with Crippen LogP contribution in [0, 0.1) is 17.8 Å². The van der Waals surface area contributed by atoms with Crippen LogP contribution in [0.15, 0.2) is 0 Å². The van der Waals surface area contributed by atoms with Crippen molar-refractivity contribution in [3.05, 3.63) is 0 Å². The van der Waals surface area contributed by atoms with Gasteiger partial charge in [0, 0.05) is 6.61 Å². The second-order valence-electron chi connectivity index (χ2n) is 8.34. The standard InChI is InChI=1S/C22H40O5/c1-18(2)11-8-6-4-3-5-7-9-14-26-15-16-27-22(25)20-13-10-12-19(17-20)21(23)24/h18-20H,3-17H2,1-2H3,(H,23,24). The molecule has 0 aromatic rings. The van der Waals surface area contributed by atoms with Gasteiger partial charge in [-0.05, 0) is 31.6 Å². The van der Waals surface area contributed by atoms with E-state index in [1.807, 2.05) is 0 Å². The normalized spacial score (nSPS) is 20.0. The van der Waals surface area contributed by atoms with E-state index in [0.29, 0.717) is 19.4 Å². The van der Waals surface area contributed by atoms with Crippen molar-refractivity contribution in [2.24, 2.45) is 17.8 Å². The monoisotopic (exact) mass is 384 g/mol. The van der Waals surface area contributed by atoms with E-state index in [2.05, 4.69) is 13.8 Å². The lowest BCUT2D eigenvalue weighted by atomic mass is 9.81. The molecule has 0 bridgehead atoms. The van der Waals surface area contributed by atoms with Crippen LogP contribution in [-0.2, 0) is 19.1 Å². The number of carbonyl (C=O) groups excluding carboxylic acids is 1. The minimum atomic E-state index is -0.800. The van der Waals surface area contributed by atoms with E-state index in [-0.39, 0.29) is 18.5 Å². The Bertz CT molecular complexity index is 408.